The fourth-order valence-electron chi connectivity index (χ4n) is 2.85. The summed E-state index contributed by atoms with van der Waals surface area (Å²) < 4.78 is 2.79. The number of fused-ring (bicyclic) bond motifs is 1. The van der Waals surface area contributed by atoms with E-state index in [1.807, 2.05) is 61.5 Å². The second-order valence-corrected chi connectivity index (χ2v) is 6.53. The predicted molar refractivity (Wildman–Crippen MR) is 99.6 cm³/mol. The number of hydrogen-bond donors (Lipinski definition) is 1. The maximum Gasteiger partial charge on any atom is 0.193 e. The number of benzene rings is 2. The number of rotatable bonds is 2. The smallest absolute Gasteiger partial charge is 0.193 e. The topological polar surface area (TPSA) is 50.7 Å². The van der Waals surface area contributed by atoms with E-state index in [2.05, 4.69) is 26.0 Å². The Kier molecular flexibility index (Phi) is 3.58. The van der Waals surface area contributed by atoms with Crippen LogP contribution in [0.25, 0.3) is 28.0 Å². The van der Waals surface area contributed by atoms with Crippen molar-refractivity contribution in [1.82, 2.24) is 14.8 Å². The van der Waals surface area contributed by atoms with Gasteiger partial charge in [0.15, 0.2) is 5.43 Å². The molecule has 2 heterocycles. The Labute approximate surface area is 146 Å². The molecule has 0 radical (unpaired) electrons. The zero-order valence-electron chi connectivity index (χ0n) is 13.0. The molecule has 0 spiro atoms. The van der Waals surface area contributed by atoms with E-state index in [9.17, 15) is 4.79 Å². The Hall–Kier alpha value is -2.66. The third-order valence-corrected chi connectivity index (χ3v) is 4.52. The summed E-state index contributed by atoms with van der Waals surface area (Å²) in [7, 11) is 0. The molecule has 2 aromatic heterocycles. The molecular formula is C19H14BrN3O. The van der Waals surface area contributed by atoms with Crippen LogP contribution in [0.1, 0.15) is 5.69 Å². The lowest BCUT2D eigenvalue weighted by atomic mass is 10.1. The number of nitrogens with zero attached hydrogens (tertiary/aromatic N) is 2. The summed E-state index contributed by atoms with van der Waals surface area (Å²) in [4.78, 5) is 16.0. The van der Waals surface area contributed by atoms with Crippen LogP contribution < -0.4 is 5.43 Å². The average molecular weight is 380 g/mol. The highest BCUT2D eigenvalue weighted by molar-refractivity contribution is 9.10. The maximum atomic E-state index is 12.6. The van der Waals surface area contributed by atoms with Gasteiger partial charge in [0.25, 0.3) is 0 Å². The van der Waals surface area contributed by atoms with Gasteiger partial charge >= 0.3 is 0 Å². The Bertz CT molecular complexity index is 1080. The lowest BCUT2D eigenvalue weighted by molar-refractivity contribution is 0.878. The zero-order chi connectivity index (χ0) is 16.7. The number of halogens is 1. The van der Waals surface area contributed by atoms with E-state index in [4.69, 9.17) is 0 Å². The number of hydrogen-bond acceptors (Lipinski definition) is 2. The molecule has 5 heteroatoms. The molecule has 1 N–H and O–H groups in total. The van der Waals surface area contributed by atoms with Crippen molar-refractivity contribution in [3.8, 4) is 16.9 Å². The van der Waals surface area contributed by atoms with Crippen LogP contribution in [-0.4, -0.2) is 14.8 Å². The van der Waals surface area contributed by atoms with E-state index >= 15 is 0 Å². The molecule has 0 bridgehead atoms. The van der Waals surface area contributed by atoms with Gasteiger partial charge in [-0.2, -0.15) is 5.10 Å². The van der Waals surface area contributed by atoms with Gasteiger partial charge in [0.2, 0.25) is 0 Å². The van der Waals surface area contributed by atoms with E-state index in [0.717, 1.165) is 27.1 Å². The molecular weight excluding hydrogens is 366 g/mol. The molecule has 4 nitrogen and oxygen atoms in total. The minimum atomic E-state index is -0.0265. The second kappa shape index (κ2) is 5.76. The van der Waals surface area contributed by atoms with Crippen molar-refractivity contribution in [2.45, 2.75) is 6.92 Å². The summed E-state index contributed by atoms with van der Waals surface area (Å²) in [6.07, 6.45) is 0. The molecule has 0 amide bonds. The molecule has 0 unspecified atom stereocenters. The van der Waals surface area contributed by atoms with Crippen LogP contribution in [-0.2, 0) is 0 Å². The summed E-state index contributed by atoms with van der Waals surface area (Å²) in [5.41, 5.74) is 4.05. The lowest BCUT2D eigenvalue weighted by Gasteiger charge is -2.06. The van der Waals surface area contributed by atoms with Gasteiger partial charge in [-0.15, -0.1) is 0 Å². The molecule has 0 saturated carbocycles. The van der Waals surface area contributed by atoms with Crippen LogP contribution >= 0.6 is 15.9 Å². The SMILES string of the molecule is Cc1nn(-c2ccccc2)c2[nH]c(-c3ccc(Br)cc3)cc(=O)c12. The van der Waals surface area contributed by atoms with Crippen molar-refractivity contribution in [2.75, 3.05) is 0 Å². The molecule has 0 aliphatic carbocycles. The van der Waals surface area contributed by atoms with Crippen molar-refractivity contribution in [3.63, 3.8) is 0 Å². The molecule has 0 saturated heterocycles. The summed E-state index contributed by atoms with van der Waals surface area (Å²) >= 11 is 3.43. The van der Waals surface area contributed by atoms with Gasteiger partial charge in [0, 0.05) is 10.5 Å². The van der Waals surface area contributed by atoms with Crippen molar-refractivity contribution in [2.24, 2.45) is 0 Å². The van der Waals surface area contributed by atoms with E-state index in [1.165, 1.54) is 0 Å². The lowest BCUT2D eigenvalue weighted by Crippen LogP contribution is -2.04. The summed E-state index contributed by atoms with van der Waals surface area (Å²) in [5, 5.41) is 5.17. The highest BCUT2D eigenvalue weighted by Gasteiger charge is 2.14. The van der Waals surface area contributed by atoms with Crippen molar-refractivity contribution >= 4 is 27.0 Å². The third kappa shape index (κ3) is 2.47. The van der Waals surface area contributed by atoms with Crippen molar-refractivity contribution in [1.29, 1.82) is 0 Å². The minimum Gasteiger partial charge on any atom is -0.339 e. The first-order chi connectivity index (χ1) is 11.6. The number of H-pyrrole nitrogens is 1. The van der Waals surface area contributed by atoms with Crippen molar-refractivity contribution in [3.05, 3.63) is 81.1 Å². The maximum absolute atomic E-state index is 12.6. The molecule has 2 aromatic carbocycles. The van der Waals surface area contributed by atoms with E-state index in [-0.39, 0.29) is 5.43 Å². The molecule has 0 atom stereocenters. The molecule has 0 aliphatic heterocycles. The first-order valence-electron chi connectivity index (χ1n) is 7.57. The summed E-state index contributed by atoms with van der Waals surface area (Å²) in [6.45, 7) is 1.86. The van der Waals surface area contributed by atoms with Gasteiger partial charge < -0.3 is 4.98 Å². The quantitative estimate of drug-likeness (QED) is 0.559. The minimum absolute atomic E-state index is 0.0265. The number of aromatic amines is 1. The molecule has 4 rings (SSSR count). The Balaban J connectivity index is 2.00. The van der Waals surface area contributed by atoms with Crippen LogP contribution in [0.15, 0.2) is 69.9 Å². The molecule has 0 aliphatic rings. The fraction of sp³-hybridized carbons (Fsp3) is 0.0526. The van der Waals surface area contributed by atoms with Crippen LogP contribution in [0.3, 0.4) is 0 Å². The van der Waals surface area contributed by atoms with Crippen LogP contribution in [0.4, 0.5) is 0 Å². The third-order valence-electron chi connectivity index (χ3n) is 3.99. The normalized spacial score (nSPS) is 11.1. The van der Waals surface area contributed by atoms with Gasteiger partial charge in [-0.3, -0.25) is 4.79 Å². The van der Waals surface area contributed by atoms with Gasteiger partial charge in [-0.25, -0.2) is 4.68 Å². The van der Waals surface area contributed by atoms with Crippen LogP contribution in [0, 0.1) is 6.92 Å². The zero-order valence-corrected chi connectivity index (χ0v) is 14.5. The standard InChI is InChI=1S/C19H14BrN3O/c1-12-18-17(24)11-16(13-7-9-14(20)10-8-13)21-19(18)23(22-12)15-5-3-2-4-6-15/h2-11H,1H3,(H,21,24). The van der Waals surface area contributed by atoms with Crippen molar-refractivity contribution < 1.29 is 0 Å². The number of aromatic nitrogens is 3. The molecule has 24 heavy (non-hydrogen) atoms. The number of para-hydroxylation sites is 1. The van der Waals surface area contributed by atoms with E-state index < -0.39 is 0 Å². The number of nitrogens with one attached hydrogen (secondary N) is 1. The number of aryl methyl sites for hydroxylation is 1. The van der Waals surface area contributed by atoms with Gasteiger partial charge in [-0.05, 0) is 36.8 Å². The van der Waals surface area contributed by atoms with Crippen LogP contribution in [0.5, 0.6) is 0 Å². The van der Waals surface area contributed by atoms with E-state index in [1.54, 1.807) is 10.7 Å². The summed E-state index contributed by atoms with van der Waals surface area (Å²) in [5.74, 6) is 0. The first-order valence-corrected chi connectivity index (χ1v) is 8.37. The Morgan fingerprint density at radius 2 is 1.75 bits per heavy atom. The van der Waals surface area contributed by atoms with Gasteiger partial charge in [0.05, 0.1) is 22.5 Å². The number of pyridine rings is 1. The van der Waals surface area contributed by atoms with Crippen LogP contribution in [0.2, 0.25) is 0 Å². The average Bonchev–Trinajstić information content (AvgIpc) is 2.93. The fourth-order valence-corrected chi connectivity index (χ4v) is 3.11. The molecule has 0 fully saturated rings. The Morgan fingerprint density at radius 3 is 2.46 bits per heavy atom. The summed E-state index contributed by atoms with van der Waals surface area (Å²) in [6, 6.07) is 19.3. The highest BCUT2D eigenvalue weighted by atomic mass is 79.9. The highest BCUT2D eigenvalue weighted by Crippen LogP contribution is 2.23. The molecule has 4 aromatic rings. The Morgan fingerprint density at radius 1 is 1.04 bits per heavy atom. The first kappa shape index (κ1) is 14.9. The van der Waals surface area contributed by atoms with Gasteiger partial charge in [0.1, 0.15) is 5.65 Å². The molecule has 118 valence electrons. The second-order valence-electron chi connectivity index (χ2n) is 5.61. The van der Waals surface area contributed by atoms with Gasteiger partial charge in [-0.1, -0.05) is 46.3 Å². The monoisotopic (exact) mass is 379 g/mol. The largest absolute Gasteiger partial charge is 0.339 e. The van der Waals surface area contributed by atoms with E-state index in [0.29, 0.717) is 11.0 Å². The predicted octanol–water partition coefficient (Wildman–Crippen LogP) is 4.45.